The third-order valence-corrected chi connectivity index (χ3v) is 13.6. The van der Waals surface area contributed by atoms with Gasteiger partial charge in [0.25, 0.3) is 0 Å². The number of aliphatic carboxylic acids is 2. The molecule has 0 saturated heterocycles. The van der Waals surface area contributed by atoms with Gasteiger partial charge in [0, 0.05) is 24.8 Å². The van der Waals surface area contributed by atoms with Crippen LogP contribution in [0, 0.1) is 0 Å². The minimum absolute atomic E-state index is 0. The molecule has 0 aliphatic heterocycles. The summed E-state index contributed by atoms with van der Waals surface area (Å²) in [5.74, 6) is -1.86. The minimum Gasteiger partial charge on any atom is -0.550 e. The van der Waals surface area contributed by atoms with Crippen LogP contribution >= 0.6 is 0 Å². The van der Waals surface area contributed by atoms with Crippen LogP contribution in [0.5, 0.6) is 0 Å². The van der Waals surface area contributed by atoms with Gasteiger partial charge in [-0.15, -0.1) is 0 Å². The van der Waals surface area contributed by atoms with E-state index in [1.54, 1.807) is 0 Å². The molecule has 9 heteroatoms. The Morgan fingerprint density at radius 1 is 0.275 bits per heavy atom. The summed E-state index contributed by atoms with van der Waals surface area (Å²) in [5.41, 5.74) is 0. The maximum absolute atomic E-state index is 12.4. The molecule has 2 unspecified atom stereocenters. The molecule has 8 nitrogen and oxygen atoms in total. The van der Waals surface area contributed by atoms with Gasteiger partial charge in [-0.25, -0.2) is 0 Å². The summed E-state index contributed by atoms with van der Waals surface area (Å²) >= 11 is 0. The summed E-state index contributed by atoms with van der Waals surface area (Å²) in [6.45, 7) is 8.98. The number of carbonyl (C=O) groups excluding carboxylic acids is 4. The molecular formula is C60H114O8Zn. The Morgan fingerprint density at radius 3 is 0.652 bits per heavy atom. The Balaban J connectivity index is -0.00000124. The number of hydrogen-bond donors (Lipinski definition) is 0. The normalized spacial score (nSPS) is 11.9. The van der Waals surface area contributed by atoms with E-state index < -0.39 is 11.9 Å². The molecule has 2 atom stereocenters. The number of carbonyl (C=O) groups is 4. The summed E-state index contributed by atoms with van der Waals surface area (Å²) in [5, 5.41) is 20.9. The molecule has 0 radical (unpaired) electrons. The molecular weight excluding hydrogens is 914 g/mol. The van der Waals surface area contributed by atoms with E-state index in [0.29, 0.717) is 12.8 Å². The summed E-state index contributed by atoms with van der Waals surface area (Å²) < 4.78 is 11.8. The summed E-state index contributed by atoms with van der Waals surface area (Å²) in [7, 11) is 0. The molecule has 0 aromatic heterocycles. The van der Waals surface area contributed by atoms with Crippen LogP contribution in [0.4, 0.5) is 0 Å². The number of carboxylic acids is 2. The van der Waals surface area contributed by atoms with Crippen molar-refractivity contribution in [3.8, 4) is 0 Å². The average molecular weight is 1030 g/mol. The molecule has 69 heavy (non-hydrogen) atoms. The van der Waals surface area contributed by atoms with Crippen molar-refractivity contribution in [3.63, 3.8) is 0 Å². The van der Waals surface area contributed by atoms with Crippen LogP contribution in [0.25, 0.3) is 0 Å². The Morgan fingerprint density at radius 2 is 0.449 bits per heavy atom. The molecule has 0 aliphatic carbocycles. The van der Waals surface area contributed by atoms with Crippen molar-refractivity contribution in [1.82, 2.24) is 0 Å². The van der Waals surface area contributed by atoms with Crippen molar-refractivity contribution >= 4 is 23.9 Å². The monoisotopic (exact) mass is 1030 g/mol. The molecule has 0 bridgehead atoms. The molecule has 0 saturated carbocycles. The summed E-state index contributed by atoms with van der Waals surface area (Å²) in [6.07, 6.45) is 55.8. The van der Waals surface area contributed by atoms with Gasteiger partial charge in [-0.1, -0.05) is 246 Å². The molecule has 0 rings (SSSR count). The largest absolute Gasteiger partial charge is 2.00 e. The Kier molecular flexibility index (Phi) is 63.2. The number of carboxylic acid groups (broad SMARTS) is 2. The van der Waals surface area contributed by atoms with Crippen molar-refractivity contribution in [2.24, 2.45) is 0 Å². The second kappa shape index (κ2) is 60.8. The SMILES string of the molecule is CCCCCCCCCCCC(=O)OC(CCCCCCC)CCCCCCCCCC(=O)[O-].CCCCCCCCCCCC(=O)OC(CCCCCCC)CCCCCCCCCC(=O)[O-].[Zn+2]. The van der Waals surface area contributed by atoms with E-state index in [1.165, 1.54) is 167 Å². The van der Waals surface area contributed by atoms with Gasteiger partial charge in [0.2, 0.25) is 0 Å². The van der Waals surface area contributed by atoms with Crippen LogP contribution < -0.4 is 10.2 Å². The fourth-order valence-corrected chi connectivity index (χ4v) is 9.18. The van der Waals surface area contributed by atoms with Gasteiger partial charge in [-0.2, -0.15) is 0 Å². The number of rotatable bonds is 54. The van der Waals surface area contributed by atoms with Crippen LogP contribution in [-0.2, 0) is 48.1 Å². The Bertz CT molecular complexity index is 988. The zero-order valence-corrected chi connectivity index (χ0v) is 49.5. The first-order valence-corrected chi connectivity index (χ1v) is 30.0. The van der Waals surface area contributed by atoms with Gasteiger partial charge in [-0.05, 0) is 89.9 Å². The van der Waals surface area contributed by atoms with E-state index in [9.17, 15) is 29.4 Å². The van der Waals surface area contributed by atoms with Crippen LogP contribution in [0.15, 0.2) is 0 Å². The van der Waals surface area contributed by atoms with Gasteiger partial charge in [0.05, 0.1) is 0 Å². The van der Waals surface area contributed by atoms with Crippen molar-refractivity contribution in [1.29, 1.82) is 0 Å². The quantitative estimate of drug-likeness (QED) is 0.0334. The first-order chi connectivity index (χ1) is 33.2. The van der Waals surface area contributed by atoms with Crippen LogP contribution in [0.2, 0.25) is 0 Å². The molecule has 0 heterocycles. The van der Waals surface area contributed by atoms with Crippen LogP contribution in [0.1, 0.15) is 349 Å². The topological polar surface area (TPSA) is 133 Å². The zero-order valence-electron chi connectivity index (χ0n) is 46.5. The van der Waals surface area contributed by atoms with E-state index in [1.807, 2.05) is 0 Å². The van der Waals surface area contributed by atoms with Crippen LogP contribution in [0.3, 0.4) is 0 Å². The number of esters is 2. The van der Waals surface area contributed by atoms with E-state index in [0.717, 1.165) is 128 Å². The standard InChI is InChI=1S/2C30H58O4.Zn/c2*1-3-5-7-9-10-11-15-19-23-27-30(33)34-28(24-20-16-8-6-4-2)25-21-17-13-12-14-18-22-26-29(31)32;/h2*28H,3-27H2,1-2H3,(H,31,32);/q;;+2/p-2. The summed E-state index contributed by atoms with van der Waals surface area (Å²) in [4.78, 5) is 45.7. The third kappa shape index (κ3) is 62.6. The Labute approximate surface area is 441 Å². The van der Waals surface area contributed by atoms with Crippen molar-refractivity contribution < 1.29 is 58.3 Å². The maximum Gasteiger partial charge on any atom is 2.00 e. The van der Waals surface area contributed by atoms with Gasteiger partial charge in [-0.3, -0.25) is 9.59 Å². The van der Waals surface area contributed by atoms with Gasteiger partial charge in [0.1, 0.15) is 12.2 Å². The first kappa shape index (κ1) is 71.8. The number of ether oxygens (including phenoxy) is 2. The molecule has 0 spiro atoms. The van der Waals surface area contributed by atoms with Gasteiger partial charge < -0.3 is 29.3 Å². The smallest absolute Gasteiger partial charge is 0.550 e. The predicted octanol–water partition coefficient (Wildman–Crippen LogP) is 16.9. The second-order valence-corrected chi connectivity index (χ2v) is 20.6. The van der Waals surface area contributed by atoms with Crippen molar-refractivity contribution in [2.75, 3.05) is 0 Å². The second-order valence-electron chi connectivity index (χ2n) is 20.6. The molecule has 0 N–H and O–H groups in total. The van der Waals surface area contributed by atoms with Gasteiger partial charge in [0.15, 0.2) is 0 Å². The number of hydrogen-bond acceptors (Lipinski definition) is 8. The van der Waals surface area contributed by atoms with Crippen molar-refractivity contribution in [2.45, 2.75) is 361 Å². The third-order valence-electron chi connectivity index (χ3n) is 13.6. The van der Waals surface area contributed by atoms with E-state index in [4.69, 9.17) is 9.47 Å². The van der Waals surface area contributed by atoms with E-state index >= 15 is 0 Å². The predicted molar refractivity (Wildman–Crippen MR) is 283 cm³/mol. The first-order valence-electron chi connectivity index (χ1n) is 30.0. The maximum atomic E-state index is 12.4. The van der Waals surface area contributed by atoms with Crippen LogP contribution in [-0.4, -0.2) is 36.1 Å². The molecule has 0 aromatic rings. The van der Waals surface area contributed by atoms with E-state index in [2.05, 4.69) is 27.7 Å². The molecule has 404 valence electrons. The Hall–Kier alpha value is -1.50. The van der Waals surface area contributed by atoms with E-state index in [-0.39, 0.29) is 56.5 Å². The van der Waals surface area contributed by atoms with Gasteiger partial charge >= 0.3 is 31.4 Å². The molecule has 0 fully saturated rings. The molecule has 0 aromatic carbocycles. The zero-order chi connectivity index (χ0) is 50.2. The molecule has 0 amide bonds. The molecule has 0 aliphatic rings. The average Bonchev–Trinajstić information content (AvgIpc) is 3.31. The summed E-state index contributed by atoms with van der Waals surface area (Å²) in [6, 6.07) is 0. The fraction of sp³-hybridized carbons (Fsp3) is 0.933. The fourth-order valence-electron chi connectivity index (χ4n) is 9.18. The minimum atomic E-state index is -0.937. The number of unbranched alkanes of at least 4 members (excludes halogenated alkanes) is 36. The van der Waals surface area contributed by atoms with Crippen molar-refractivity contribution in [3.05, 3.63) is 0 Å².